The molecule has 0 aromatic carbocycles. The minimum Gasteiger partial charge on any atom is -0.384 e. The number of hydrogen-bond acceptors (Lipinski definition) is 5. The Morgan fingerprint density at radius 1 is 1.24 bits per heavy atom. The number of aromatic nitrogens is 2. The average molecular weight is 235 g/mol. The number of nitrogens with zero attached hydrogens (tertiary/aromatic N) is 4. The lowest BCUT2D eigenvalue weighted by Gasteiger charge is -2.35. The molecule has 1 saturated heterocycles. The van der Waals surface area contributed by atoms with E-state index in [2.05, 4.69) is 26.7 Å². The van der Waals surface area contributed by atoms with Gasteiger partial charge in [0, 0.05) is 32.2 Å². The summed E-state index contributed by atoms with van der Waals surface area (Å²) in [5.41, 5.74) is 5.75. The van der Waals surface area contributed by atoms with Gasteiger partial charge in [0.15, 0.2) is 0 Å². The van der Waals surface area contributed by atoms with Crippen LogP contribution in [0.1, 0.15) is 19.2 Å². The van der Waals surface area contributed by atoms with Crippen LogP contribution in [0.5, 0.6) is 0 Å². The monoisotopic (exact) mass is 235 g/mol. The van der Waals surface area contributed by atoms with Crippen LogP contribution in [0.4, 0.5) is 11.6 Å². The van der Waals surface area contributed by atoms with Gasteiger partial charge in [0.1, 0.15) is 17.5 Å². The van der Waals surface area contributed by atoms with Gasteiger partial charge in [-0.1, -0.05) is 6.92 Å². The number of anilines is 2. The van der Waals surface area contributed by atoms with Crippen molar-refractivity contribution in [2.45, 2.75) is 20.3 Å². The molecular formula is C12H21N5. The van der Waals surface area contributed by atoms with E-state index in [0.29, 0.717) is 5.82 Å². The van der Waals surface area contributed by atoms with Crippen molar-refractivity contribution >= 4 is 11.6 Å². The molecule has 1 aromatic rings. The Morgan fingerprint density at radius 2 is 1.94 bits per heavy atom. The van der Waals surface area contributed by atoms with Gasteiger partial charge in [-0.15, -0.1) is 0 Å². The first kappa shape index (κ1) is 12.1. The molecule has 5 nitrogen and oxygen atoms in total. The van der Waals surface area contributed by atoms with E-state index in [1.165, 1.54) is 13.0 Å². The normalized spacial score (nSPS) is 17.4. The van der Waals surface area contributed by atoms with Crippen LogP contribution in [0.25, 0.3) is 0 Å². The lowest BCUT2D eigenvalue weighted by atomic mass is 10.3. The van der Waals surface area contributed by atoms with Crippen molar-refractivity contribution in [2.24, 2.45) is 0 Å². The summed E-state index contributed by atoms with van der Waals surface area (Å²) >= 11 is 0. The number of hydrogen-bond donors (Lipinski definition) is 1. The van der Waals surface area contributed by atoms with Crippen molar-refractivity contribution in [1.82, 2.24) is 14.9 Å². The fourth-order valence-corrected chi connectivity index (χ4v) is 2.25. The zero-order valence-corrected chi connectivity index (χ0v) is 10.7. The molecule has 0 atom stereocenters. The SMILES string of the molecule is CCCN1CCN(c2cc(N)nc(C)n2)CC1. The molecule has 17 heavy (non-hydrogen) atoms. The van der Waals surface area contributed by atoms with E-state index in [-0.39, 0.29) is 0 Å². The molecule has 0 spiro atoms. The van der Waals surface area contributed by atoms with Crippen LogP contribution in [0, 0.1) is 6.92 Å². The topological polar surface area (TPSA) is 58.3 Å². The molecule has 1 fully saturated rings. The quantitative estimate of drug-likeness (QED) is 0.843. The number of rotatable bonds is 3. The molecule has 0 amide bonds. The highest BCUT2D eigenvalue weighted by Crippen LogP contribution is 2.16. The number of aryl methyl sites for hydroxylation is 1. The van der Waals surface area contributed by atoms with Gasteiger partial charge in [-0.25, -0.2) is 9.97 Å². The molecule has 5 heteroatoms. The molecule has 2 N–H and O–H groups in total. The third-order valence-electron chi connectivity index (χ3n) is 3.08. The summed E-state index contributed by atoms with van der Waals surface area (Å²) in [4.78, 5) is 13.3. The van der Waals surface area contributed by atoms with E-state index in [9.17, 15) is 0 Å². The number of nitrogens with two attached hydrogens (primary N) is 1. The molecular weight excluding hydrogens is 214 g/mol. The van der Waals surface area contributed by atoms with E-state index >= 15 is 0 Å². The van der Waals surface area contributed by atoms with Crippen LogP contribution >= 0.6 is 0 Å². The summed E-state index contributed by atoms with van der Waals surface area (Å²) in [6.07, 6.45) is 1.22. The second-order valence-electron chi connectivity index (χ2n) is 4.53. The van der Waals surface area contributed by atoms with Gasteiger partial charge in [-0.3, -0.25) is 4.90 Å². The summed E-state index contributed by atoms with van der Waals surface area (Å²) in [6, 6.07) is 1.86. The molecule has 2 heterocycles. The number of piperazine rings is 1. The lowest BCUT2D eigenvalue weighted by molar-refractivity contribution is 0.258. The largest absolute Gasteiger partial charge is 0.384 e. The zero-order chi connectivity index (χ0) is 12.3. The van der Waals surface area contributed by atoms with Crippen LogP contribution in [0.3, 0.4) is 0 Å². The Morgan fingerprint density at radius 3 is 2.53 bits per heavy atom. The fraction of sp³-hybridized carbons (Fsp3) is 0.667. The highest BCUT2D eigenvalue weighted by molar-refractivity contribution is 5.47. The number of nitrogen functional groups attached to an aromatic ring is 1. The molecule has 1 aliphatic heterocycles. The first-order valence-electron chi connectivity index (χ1n) is 6.27. The van der Waals surface area contributed by atoms with Crippen molar-refractivity contribution in [2.75, 3.05) is 43.4 Å². The summed E-state index contributed by atoms with van der Waals surface area (Å²) in [5.74, 6) is 2.27. The fourth-order valence-electron chi connectivity index (χ4n) is 2.25. The first-order chi connectivity index (χ1) is 8.19. The highest BCUT2D eigenvalue weighted by Gasteiger charge is 2.17. The van der Waals surface area contributed by atoms with Crippen molar-refractivity contribution < 1.29 is 0 Å². The third-order valence-corrected chi connectivity index (χ3v) is 3.08. The second-order valence-corrected chi connectivity index (χ2v) is 4.53. The Hall–Kier alpha value is -1.36. The van der Waals surface area contributed by atoms with Gasteiger partial charge in [0.25, 0.3) is 0 Å². The van der Waals surface area contributed by atoms with Gasteiger partial charge in [-0.05, 0) is 19.9 Å². The molecule has 0 saturated carbocycles. The van der Waals surface area contributed by atoms with Gasteiger partial charge in [-0.2, -0.15) is 0 Å². The van der Waals surface area contributed by atoms with E-state index in [1.807, 2.05) is 13.0 Å². The first-order valence-corrected chi connectivity index (χ1v) is 6.27. The van der Waals surface area contributed by atoms with Crippen molar-refractivity contribution in [3.63, 3.8) is 0 Å². The maximum atomic E-state index is 5.75. The van der Waals surface area contributed by atoms with Crippen LogP contribution in [-0.2, 0) is 0 Å². The summed E-state index contributed by atoms with van der Waals surface area (Å²) in [7, 11) is 0. The lowest BCUT2D eigenvalue weighted by Crippen LogP contribution is -2.46. The molecule has 1 aromatic heterocycles. The van der Waals surface area contributed by atoms with Gasteiger partial charge in [0.05, 0.1) is 0 Å². The maximum absolute atomic E-state index is 5.75. The van der Waals surface area contributed by atoms with Crippen molar-refractivity contribution in [3.8, 4) is 0 Å². The Kier molecular flexibility index (Phi) is 3.78. The molecule has 0 aliphatic carbocycles. The molecule has 2 rings (SSSR count). The predicted octanol–water partition coefficient (Wildman–Crippen LogP) is 0.899. The smallest absolute Gasteiger partial charge is 0.134 e. The van der Waals surface area contributed by atoms with E-state index in [4.69, 9.17) is 5.73 Å². The van der Waals surface area contributed by atoms with Gasteiger partial charge >= 0.3 is 0 Å². The standard InChI is InChI=1S/C12H21N5/c1-3-4-16-5-7-17(8-6-16)12-9-11(13)14-10(2)15-12/h9H,3-8H2,1-2H3,(H2,13,14,15). The summed E-state index contributed by atoms with van der Waals surface area (Å²) < 4.78 is 0. The Bertz CT molecular complexity index is 351. The van der Waals surface area contributed by atoms with Gasteiger partial charge in [0.2, 0.25) is 0 Å². The molecule has 0 bridgehead atoms. The van der Waals surface area contributed by atoms with E-state index in [0.717, 1.165) is 37.8 Å². The Labute approximate surface area is 103 Å². The maximum Gasteiger partial charge on any atom is 0.134 e. The molecule has 1 aliphatic rings. The zero-order valence-electron chi connectivity index (χ0n) is 10.7. The van der Waals surface area contributed by atoms with Crippen LogP contribution in [-0.4, -0.2) is 47.6 Å². The summed E-state index contributed by atoms with van der Waals surface area (Å²) in [5, 5.41) is 0. The second kappa shape index (κ2) is 5.31. The highest BCUT2D eigenvalue weighted by atomic mass is 15.3. The molecule has 0 radical (unpaired) electrons. The van der Waals surface area contributed by atoms with Gasteiger partial charge < -0.3 is 10.6 Å². The third kappa shape index (κ3) is 3.06. The summed E-state index contributed by atoms with van der Waals surface area (Å²) in [6.45, 7) is 9.56. The average Bonchev–Trinajstić information content (AvgIpc) is 2.29. The Balaban J connectivity index is 2.00. The van der Waals surface area contributed by atoms with E-state index < -0.39 is 0 Å². The predicted molar refractivity (Wildman–Crippen MR) is 70.1 cm³/mol. The van der Waals surface area contributed by atoms with Crippen LogP contribution in [0.2, 0.25) is 0 Å². The minimum atomic E-state index is 0.559. The minimum absolute atomic E-state index is 0.559. The molecule has 0 unspecified atom stereocenters. The van der Waals surface area contributed by atoms with Crippen molar-refractivity contribution in [3.05, 3.63) is 11.9 Å². The van der Waals surface area contributed by atoms with Crippen LogP contribution < -0.4 is 10.6 Å². The van der Waals surface area contributed by atoms with E-state index in [1.54, 1.807) is 0 Å². The van der Waals surface area contributed by atoms with Crippen molar-refractivity contribution in [1.29, 1.82) is 0 Å². The van der Waals surface area contributed by atoms with Crippen LogP contribution in [0.15, 0.2) is 6.07 Å². The molecule has 94 valence electrons.